The summed E-state index contributed by atoms with van der Waals surface area (Å²) in [7, 11) is 0. The molecule has 1 N–H and O–H groups in total. The summed E-state index contributed by atoms with van der Waals surface area (Å²) in [6.45, 7) is 6.39. The normalized spacial score (nSPS) is 13.4. The number of furan rings is 1. The van der Waals surface area contributed by atoms with Crippen molar-refractivity contribution >= 4 is 0 Å². The van der Waals surface area contributed by atoms with Crippen molar-refractivity contribution in [1.29, 1.82) is 0 Å². The molecule has 1 aliphatic carbocycles. The van der Waals surface area contributed by atoms with E-state index in [0.29, 0.717) is 6.61 Å². The van der Waals surface area contributed by atoms with Crippen LogP contribution in [0, 0.1) is 6.92 Å². The van der Waals surface area contributed by atoms with Gasteiger partial charge in [-0.05, 0) is 67.6 Å². The van der Waals surface area contributed by atoms with Crippen LogP contribution in [0.2, 0.25) is 0 Å². The van der Waals surface area contributed by atoms with Gasteiger partial charge in [-0.3, -0.25) is 0 Å². The van der Waals surface area contributed by atoms with Crippen LogP contribution in [0.4, 0.5) is 0 Å². The molecule has 0 spiro atoms. The Bertz CT molecular complexity index is 616. The van der Waals surface area contributed by atoms with E-state index in [0.717, 1.165) is 30.4 Å². The number of nitrogens with one attached hydrogen (secondary N) is 1. The first kappa shape index (κ1) is 14.2. The van der Waals surface area contributed by atoms with Gasteiger partial charge < -0.3 is 14.5 Å². The zero-order valence-electron chi connectivity index (χ0n) is 12.9. The molecule has 112 valence electrons. The molecular formula is C18H23NO2. The second-order valence-electron chi connectivity index (χ2n) is 5.67. The third-order valence-corrected chi connectivity index (χ3v) is 4.06. The summed E-state index contributed by atoms with van der Waals surface area (Å²) in [5.74, 6) is 2.84. The Balaban J connectivity index is 1.62. The molecule has 1 heterocycles. The van der Waals surface area contributed by atoms with Crippen molar-refractivity contribution in [3.63, 3.8) is 0 Å². The average Bonchev–Trinajstić information content (AvgIpc) is 3.08. The third kappa shape index (κ3) is 3.30. The number of benzene rings is 1. The average molecular weight is 285 g/mol. The van der Waals surface area contributed by atoms with Gasteiger partial charge in [-0.25, -0.2) is 0 Å². The van der Waals surface area contributed by atoms with Crippen molar-refractivity contribution in [3.8, 4) is 5.75 Å². The lowest BCUT2D eigenvalue weighted by Gasteiger charge is -2.06. The molecule has 0 radical (unpaired) electrons. The first-order valence-electron chi connectivity index (χ1n) is 7.79. The molecule has 0 amide bonds. The van der Waals surface area contributed by atoms with Crippen molar-refractivity contribution < 1.29 is 9.15 Å². The maximum Gasteiger partial charge on any atom is 0.146 e. The maximum atomic E-state index is 5.88. The molecule has 21 heavy (non-hydrogen) atoms. The summed E-state index contributed by atoms with van der Waals surface area (Å²) in [5, 5.41) is 3.29. The molecule has 0 fully saturated rings. The van der Waals surface area contributed by atoms with Crippen molar-refractivity contribution in [3.05, 3.63) is 52.5 Å². The van der Waals surface area contributed by atoms with E-state index in [2.05, 4.69) is 43.4 Å². The lowest BCUT2D eigenvalue weighted by Crippen LogP contribution is -2.11. The van der Waals surface area contributed by atoms with E-state index in [1.807, 2.05) is 0 Å². The smallest absolute Gasteiger partial charge is 0.146 e. The first-order chi connectivity index (χ1) is 10.3. The SMILES string of the molecule is CCNCc1oc(COc2ccc3c(c2)CCC3)cc1C. The fourth-order valence-corrected chi connectivity index (χ4v) is 2.87. The molecule has 0 atom stereocenters. The minimum absolute atomic E-state index is 0.492. The number of rotatable bonds is 6. The minimum Gasteiger partial charge on any atom is -0.486 e. The van der Waals surface area contributed by atoms with E-state index in [1.165, 1.54) is 36.0 Å². The van der Waals surface area contributed by atoms with Gasteiger partial charge >= 0.3 is 0 Å². The maximum absolute atomic E-state index is 5.88. The van der Waals surface area contributed by atoms with E-state index in [1.54, 1.807) is 0 Å². The molecule has 1 aromatic carbocycles. The molecular weight excluding hydrogens is 262 g/mol. The summed E-state index contributed by atoms with van der Waals surface area (Å²) in [6, 6.07) is 8.51. The van der Waals surface area contributed by atoms with Gasteiger partial charge in [0.25, 0.3) is 0 Å². The molecule has 3 rings (SSSR count). The molecule has 3 nitrogen and oxygen atoms in total. The van der Waals surface area contributed by atoms with Gasteiger partial charge in [-0.15, -0.1) is 0 Å². The van der Waals surface area contributed by atoms with Crippen LogP contribution in [-0.4, -0.2) is 6.54 Å². The molecule has 0 unspecified atom stereocenters. The second kappa shape index (κ2) is 6.35. The molecule has 0 aliphatic heterocycles. The second-order valence-corrected chi connectivity index (χ2v) is 5.67. The van der Waals surface area contributed by atoms with E-state index < -0.39 is 0 Å². The lowest BCUT2D eigenvalue weighted by atomic mass is 10.1. The van der Waals surface area contributed by atoms with Crippen molar-refractivity contribution in [2.24, 2.45) is 0 Å². The Morgan fingerprint density at radius 1 is 1.19 bits per heavy atom. The predicted octanol–water partition coefficient (Wildman–Crippen LogP) is 3.77. The van der Waals surface area contributed by atoms with Gasteiger partial charge in [0.05, 0.1) is 6.54 Å². The molecule has 3 heteroatoms. The third-order valence-electron chi connectivity index (χ3n) is 4.06. The molecule has 1 aliphatic rings. The van der Waals surface area contributed by atoms with Gasteiger partial charge in [-0.2, -0.15) is 0 Å². The van der Waals surface area contributed by atoms with Gasteiger partial charge in [0.15, 0.2) is 0 Å². The molecule has 2 aromatic rings. The highest BCUT2D eigenvalue weighted by Gasteiger charge is 2.12. The van der Waals surface area contributed by atoms with Crippen molar-refractivity contribution in [1.82, 2.24) is 5.32 Å². The largest absolute Gasteiger partial charge is 0.486 e. The van der Waals surface area contributed by atoms with Crippen LogP contribution in [0.5, 0.6) is 5.75 Å². The number of aryl methyl sites for hydroxylation is 3. The topological polar surface area (TPSA) is 34.4 Å². The first-order valence-corrected chi connectivity index (χ1v) is 7.79. The summed E-state index contributed by atoms with van der Waals surface area (Å²) in [6.07, 6.45) is 3.66. The van der Waals surface area contributed by atoms with Crippen LogP contribution in [0.1, 0.15) is 41.6 Å². The Labute approximate surface area is 126 Å². The highest BCUT2D eigenvalue weighted by Crippen LogP contribution is 2.26. The lowest BCUT2D eigenvalue weighted by molar-refractivity contribution is 0.265. The Hall–Kier alpha value is -1.74. The quantitative estimate of drug-likeness (QED) is 0.877. The van der Waals surface area contributed by atoms with Crippen molar-refractivity contribution in [2.45, 2.75) is 46.3 Å². The van der Waals surface area contributed by atoms with Crippen LogP contribution >= 0.6 is 0 Å². The van der Waals surface area contributed by atoms with Crippen molar-refractivity contribution in [2.75, 3.05) is 6.54 Å². The van der Waals surface area contributed by atoms with Crippen LogP contribution in [0.15, 0.2) is 28.7 Å². The van der Waals surface area contributed by atoms with Gasteiger partial charge in [-0.1, -0.05) is 13.0 Å². The zero-order valence-corrected chi connectivity index (χ0v) is 12.9. The number of fused-ring (bicyclic) bond motifs is 1. The van der Waals surface area contributed by atoms with E-state index in [-0.39, 0.29) is 0 Å². The van der Waals surface area contributed by atoms with Crippen LogP contribution in [0.3, 0.4) is 0 Å². The van der Waals surface area contributed by atoms with Gasteiger partial charge in [0.2, 0.25) is 0 Å². The number of hydrogen-bond donors (Lipinski definition) is 1. The highest BCUT2D eigenvalue weighted by molar-refractivity contribution is 5.38. The Morgan fingerprint density at radius 3 is 2.90 bits per heavy atom. The Kier molecular flexibility index (Phi) is 4.30. The van der Waals surface area contributed by atoms with E-state index >= 15 is 0 Å². The molecule has 1 aromatic heterocycles. The molecule has 0 saturated heterocycles. The van der Waals surface area contributed by atoms with Gasteiger partial charge in [0, 0.05) is 0 Å². The summed E-state index contributed by atoms with van der Waals surface area (Å²) in [5.41, 5.74) is 4.10. The van der Waals surface area contributed by atoms with Crippen LogP contribution in [-0.2, 0) is 26.0 Å². The molecule has 0 saturated carbocycles. The summed E-state index contributed by atoms with van der Waals surface area (Å²) >= 11 is 0. The number of ether oxygens (including phenoxy) is 1. The minimum atomic E-state index is 0.492. The van der Waals surface area contributed by atoms with Crippen LogP contribution in [0.25, 0.3) is 0 Å². The zero-order chi connectivity index (χ0) is 14.7. The monoisotopic (exact) mass is 285 g/mol. The predicted molar refractivity (Wildman–Crippen MR) is 83.6 cm³/mol. The van der Waals surface area contributed by atoms with Crippen LogP contribution < -0.4 is 10.1 Å². The fraction of sp³-hybridized carbons (Fsp3) is 0.444. The summed E-state index contributed by atoms with van der Waals surface area (Å²) in [4.78, 5) is 0. The van der Waals surface area contributed by atoms with Gasteiger partial charge in [0.1, 0.15) is 23.9 Å². The highest BCUT2D eigenvalue weighted by atomic mass is 16.5. The van der Waals surface area contributed by atoms with E-state index in [4.69, 9.17) is 9.15 Å². The van der Waals surface area contributed by atoms with E-state index in [9.17, 15) is 0 Å². The summed E-state index contributed by atoms with van der Waals surface area (Å²) < 4.78 is 11.7. The number of hydrogen-bond acceptors (Lipinski definition) is 3. The Morgan fingerprint density at radius 2 is 2.05 bits per heavy atom. The fourth-order valence-electron chi connectivity index (χ4n) is 2.87. The molecule has 0 bridgehead atoms. The standard InChI is InChI=1S/C18H23NO2/c1-3-19-11-18-13(2)9-17(21-18)12-20-16-8-7-14-5-4-6-15(14)10-16/h7-10,19H,3-6,11-12H2,1-2H3.